The number of thiol groups is 1. The minimum absolute atomic E-state index is 0.400. The van der Waals surface area contributed by atoms with E-state index in [2.05, 4.69) is 16.8 Å². The van der Waals surface area contributed by atoms with E-state index in [0.717, 1.165) is 16.8 Å². The Morgan fingerprint density at radius 2 is 2.19 bits per heavy atom. The molecule has 0 spiro atoms. The van der Waals surface area contributed by atoms with E-state index in [0.29, 0.717) is 0 Å². The average molecular weight is 446 g/mol. The molecule has 0 amide bonds. The van der Waals surface area contributed by atoms with E-state index in [4.69, 9.17) is 29.5 Å². The molecule has 152 valence electrons. The first-order chi connectivity index (χ1) is 12.5. The Bertz CT molecular complexity index is 855. The second-order valence-electron chi connectivity index (χ2n) is 5.52. The molecule has 1 fully saturated rings. The van der Waals surface area contributed by atoms with Crippen molar-refractivity contribution in [2.75, 3.05) is 20.3 Å². The molecule has 2 heterocycles. The molecule has 5 atom stereocenters. The molecule has 1 aliphatic rings. The minimum atomic E-state index is -4.91. The number of hydrogen-bond acceptors (Lipinski definition) is 9. The lowest BCUT2D eigenvalue weighted by Gasteiger charge is -2.30. The second-order valence-corrected chi connectivity index (χ2v) is 8.43. The zero-order chi connectivity index (χ0) is 20.4. The molecule has 0 bridgehead atoms. The average Bonchev–Trinajstić information content (AvgIpc) is 2.85. The monoisotopic (exact) mass is 446 g/mol. The number of H-pyrrole nitrogens is 1. The van der Waals surface area contributed by atoms with Crippen LogP contribution in [-0.4, -0.2) is 57.4 Å². The summed E-state index contributed by atoms with van der Waals surface area (Å²) in [6.07, 6.45) is -2.49. The van der Waals surface area contributed by atoms with Gasteiger partial charge in [-0.3, -0.25) is 18.9 Å². The lowest BCUT2D eigenvalue weighted by molar-refractivity contribution is -0.117. The van der Waals surface area contributed by atoms with Crippen LogP contribution in [0.4, 0.5) is 0 Å². The molecule has 1 aliphatic heterocycles. The summed E-state index contributed by atoms with van der Waals surface area (Å²) in [7, 11) is -6.18. The predicted molar refractivity (Wildman–Crippen MR) is 93.5 cm³/mol. The first kappa shape index (κ1) is 22.4. The molecule has 1 aromatic rings. The van der Waals surface area contributed by atoms with E-state index in [-0.39, 0.29) is 0 Å². The minimum Gasteiger partial charge on any atom is -0.374 e. The lowest BCUT2D eigenvalue weighted by Crippen LogP contribution is -2.53. The maximum absolute atomic E-state index is 12.1. The van der Waals surface area contributed by atoms with E-state index >= 15 is 0 Å². The van der Waals surface area contributed by atoms with Gasteiger partial charge in [0.15, 0.2) is 12.3 Å². The van der Waals surface area contributed by atoms with Crippen molar-refractivity contribution in [1.82, 2.24) is 9.55 Å². The highest BCUT2D eigenvalue weighted by Gasteiger charge is 2.60. The third-order valence-electron chi connectivity index (χ3n) is 3.88. The highest BCUT2D eigenvalue weighted by Crippen LogP contribution is 2.47. The Hall–Kier alpha value is -0.920. The maximum Gasteiger partial charge on any atom is 0.582 e. The van der Waals surface area contributed by atoms with Crippen LogP contribution in [0.5, 0.6) is 0 Å². The molecule has 16 heteroatoms. The van der Waals surface area contributed by atoms with Gasteiger partial charge in [0.05, 0.1) is 6.61 Å². The maximum atomic E-state index is 12.1. The van der Waals surface area contributed by atoms with Gasteiger partial charge in [0.1, 0.15) is 24.0 Å². The summed E-state index contributed by atoms with van der Waals surface area (Å²) in [5.74, 6) is 0. The third kappa shape index (κ3) is 5.12. The molecule has 1 saturated heterocycles. The summed E-state index contributed by atoms with van der Waals surface area (Å²) in [6.45, 7) is -1.16. The smallest absolute Gasteiger partial charge is 0.374 e. The highest BCUT2D eigenvalue weighted by atomic mass is 32.7. The van der Waals surface area contributed by atoms with E-state index < -0.39 is 63.5 Å². The number of nitrogens with zero attached hydrogens (tertiary/aromatic N) is 1. The largest absolute Gasteiger partial charge is 0.582 e. The Morgan fingerprint density at radius 1 is 1.52 bits per heavy atom. The Balaban J connectivity index is 2.51. The lowest BCUT2D eigenvalue weighted by atomic mass is 9.96. The standard InChI is InChI=1S/C11H17N3O10P2S/c1-21-7-8(24-25(17)27)11(4-12,5-22-26(18,19)20)23-9(7)14-3-2-6(15)13-10(14)16/h2-3,7-9H,4-5,12H2,1H3,(H3-,13,15,16,17,18,19,20,27)/p+1/t7-,8?,9+,11+/m0/s1. The van der Waals surface area contributed by atoms with Crippen molar-refractivity contribution in [1.29, 1.82) is 0 Å². The predicted octanol–water partition coefficient (Wildman–Crippen LogP) is -1.14. The summed E-state index contributed by atoms with van der Waals surface area (Å²) < 4.78 is 44.4. The number of hydrogen-bond donors (Lipinski definition) is 5. The fraction of sp³-hybridized carbons (Fsp3) is 0.636. The quantitative estimate of drug-likeness (QED) is 0.239. The number of nitrogens with two attached hydrogens (primary N) is 1. The molecule has 0 aromatic carbocycles. The van der Waals surface area contributed by atoms with Crippen LogP contribution in [0.25, 0.3) is 0 Å². The number of phosphoric acid groups is 1. The number of nitrogens with one attached hydrogen (secondary N) is 1. The van der Waals surface area contributed by atoms with Crippen LogP contribution in [0.1, 0.15) is 6.23 Å². The van der Waals surface area contributed by atoms with E-state index in [1.807, 2.05) is 4.98 Å². The molecule has 13 nitrogen and oxygen atoms in total. The highest BCUT2D eigenvalue weighted by molar-refractivity contribution is 8.39. The van der Waals surface area contributed by atoms with Crippen molar-refractivity contribution in [3.8, 4) is 0 Å². The molecule has 2 unspecified atom stereocenters. The molecule has 5 N–H and O–H groups in total. The number of aromatic amines is 1. The van der Waals surface area contributed by atoms with Crippen molar-refractivity contribution in [2.24, 2.45) is 5.73 Å². The van der Waals surface area contributed by atoms with Gasteiger partial charge in [-0.2, -0.15) is 0 Å². The molecule has 0 radical (unpaired) electrons. The van der Waals surface area contributed by atoms with Gasteiger partial charge in [-0.25, -0.2) is 9.36 Å². The molecule has 27 heavy (non-hydrogen) atoms. The number of aromatic nitrogens is 2. The van der Waals surface area contributed by atoms with Crippen LogP contribution in [0.3, 0.4) is 0 Å². The molecule has 1 aromatic heterocycles. The van der Waals surface area contributed by atoms with Crippen molar-refractivity contribution in [3.63, 3.8) is 0 Å². The summed E-state index contributed by atoms with van der Waals surface area (Å²) in [5, 5.41) is 0. The van der Waals surface area contributed by atoms with Gasteiger partial charge in [0.2, 0.25) is 0 Å². The first-order valence-corrected chi connectivity index (χ1v) is 11.1. The summed E-state index contributed by atoms with van der Waals surface area (Å²) in [6, 6.07) is 1.06. The van der Waals surface area contributed by atoms with Crippen molar-refractivity contribution < 1.29 is 37.4 Å². The third-order valence-corrected chi connectivity index (χ3v) is 5.03. The second kappa shape index (κ2) is 8.62. The van der Waals surface area contributed by atoms with Crippen LogP contribution in [-0.2, 0) is 27.7 Å². The Kier molecular flexibility index (Phi) is 7.14. The van der Waals surface area contributed by atoms with Crippen molar-refractivity contribution in [3.05, 3.63) is 33.1 Å². The van der Waals surface area contributed by atoms with Crippen LogP contribution >= 0.6 is 27.3 Å². The van der Waals surface area contributed by atoms with Gasteiger partial charge in [0.25, 0.3) is 5.56 Å². The van der Waals surface area contributed by atoms with E-state index in [1.165, 1.54) is 7.11 Å². The summed E-state index contributed by atoms with van der Waals surface area (Å²) >= 11 is 3.67. The molecule has 0 aliphatic carbocycles. The summed E-state index contributed by atoms with van der Waals surface area (Å²) in [5.41, 5.74) is 2.50. The number of methoxy groups -OCH3 is 1. The number of ether oxygens (including phenoxy) is 2. The van der Waals surface area contributed by atoms with Gasteiger partial charge < -0.3 is 25.0 Å². The van der Waals surface area contributed by atoms with Gasteiger partial charge in [-0.1, -0.05) is 0 Å². The Labute approximate surface area is 158 Å². The van der Waals surface area contributed by atoms with Gasteiger partial charge in [-0.05, 0) is 4.57 Å². The van der Waals surface area contributed by atoms with Crippen molar-refractivity contribution >= 4 is 27.3 Å². The van der Waals surface area contributed by atoms with E-state index in [9.17, 15) is 18.7 Å². The summed E-state index contributed by atoms with van der Waals surface area (Å²) in [4.78, 5) is 43.4. The van der Waals surface area contributed by atoms with Crippen LogP contribution < -0.4 is 17.0 Å². The molecular weight excluding hydrogens is 428 g/mol. The Morgan fingerprint density at radius 3 is 2.67 bits per heavy atom. The zero-order valence-electron chi connectivity index (χ0n) is 13.8. The van der Waals surface area contributed by atoms with Crippen molar-refractivity contribution in [2.45, 2.75) is 24.0 Å². The number of rotatable bonds is 8. The van der Waals surface area contributed by atoms with Gasteiger partial charge in [0, 0.05) is 25.9 Å². The number of phosphoric ester groups is 1. The SMILES string of the molecule is CO[C@H]1C(O[P+](=O)S)[C@@](CN)(COP(=O)(O)O)O[C@H]1n1ccc(=O)[nH]c1=O. The van der Waals surface area contributed by atoms with E-state index in [1.54, 1.807) is 0 Å². The molecular formula is C11H18N3O10P2S+. The van der Waals surface area contributed by atoms with Crippen LogP contribution in [0.2, 0.25) is 0 Å². The van der Waals surface area contributed by atoms with Gasteiger partial charge in [-0.15, -0.1) is 4.52 Å². The van der Waals surface area contributed by atoms with Gasteiger partial charge >= 0.3 is 20.7 Å². The molecule has 0 saturated carbocycles. The van der Waals surface area contributed by atoms with Crippen LogP contribution in [0.15, 0.2) is 21.9 Å². The first-order valence-electron chi connectivity index (χ1n) is 7.28. The topological polar surface area (TPSA) is 192 Å². The fourth-order valence-corrected chi connectivity index (χ4v) is 3.89. The van der Waals surface area contributed by atoms with Crippen LogP contribution in [0, 0.1) is 0 Å². The molecule has 2 rings (SSSR count). The normalized spacial score (nSPS) is 29.1. The zero-order valence-corrected chi connectivity index (χ0v) is 16.5. The fourth-order valence-electron chi connectivity index (χ4n) is 2.69.